The van der Waals surface area contributed by atoms with E-state index in [0.29, 0.717) is 0 Å². The molecule has 0 spiro atoms. The molecule has 0 aromatic carbocycles. The second kappa shape index (κ2) is 22.4. The second-order valence-electron chi connectivity index (χ2n) is 0.260. The van der Waals surface area contributed by atoms with Gasteiger partial charge < -0.3 is 13.5 Å². The Hall–Kier alpha value is 3.74. The summed E-state index contributed by atoms with van der Waals surface area (Å²) >= 11 is 4.91. The zero-order chi connectivity index (χ0) is 4.12. The number of hydrogen-bond donors (Lipinski definition) is 1. The molecule has 0 atom stereocenters. The van der Waals surface area contributed by atoms with Gasteiger partial charge in [-0.3, -0.25) is 0 Å². The van der Waals surface area contributed by atoms with E-state index in [1.165, 1.54) is 9.83 Å². The molecule has 0 aliphatic rings. The molecule has 0 rings (SSSR count). The fraction of sp³-hybridized carbons (Fsp3) is 0. The third-order valence-electron chi connectivity index (χ3n) is 0.0785. The Bertz CT molecular complexity index is 19.9. The predicted octanol–water partition coefficient (Wildman–Crippen LogP) is 1.40. The Kier molecular flexibility index (Phi) is 63.4. The fourth-order valence-electron chi connectivity index (χ4n) is 0.0215. The van der Waals surface area contributed by atoms with Gasteiger partial charge in [0, 0.05) is 36.0 Å². The molecule has 8 heteroatoms. The Balaban J connectivity index is -0.0000000267. The van der Waals surface area contributed by atoms with Crippen LogP contribution in [0.4, 0.5) is 0 Å². The summed E-state index contributed by atoms with van der Waals surface area (Å²) in [6.45, 7) is 0. The van der Waals surface area contributed by atoms with Crippen LogP contribution in [-0.4, -0.2) is 22.9 Å². The largest absolute Gasteiger partial charge is 0.813 e. The quantitative estimate of drug-likeness (QED) is 0.321. The molecule has 1 radical (unpaired) electrons. The fourth-order valence-corrected chi connectivity index (χ4v) is 11.7. The molecule has 0 amide bonds. The van der Waals surface area contributed by atoms with Gasteiger partial charge in [0.05, 0.1) is 0 Å². The molecule has 0 nitrogen and oxygen atoms in total. The van der Waals surface area contributed by atoms with Gasteiger partial charge in [-0.05, 0) is 0 Å². The van der Waals surface area contributed by atoms with Gasteiger partial charge in [-0.15, -0.1) is 0 Å². The maximum atomic E-state index is 3.89. The summed E-state index contributed by atoms with van der Waals surface area (Å²) in [5.41, 5.74) is 0. The predicted molar refractivity (Wildman–Crippen MR) is 47.7 cm³/mol. The van der Waals surface area contributed by atoms with Crippen LogP contribution in [0.5, 0.6) is 0 Å². The van der Waals surface area contributed by atoms with Crippen molar-refractivity contribution in [1.82, 2.24) is 0 Å². The Morgan fingerprint density at radius 1 is 1.38 bits per heavy atom. The van der Waals surface area contributed by atoms with E-state index >= 15 is 0 Å². The molecule has 0 aromatic rings. The molecule has 49 valence electrons. The molecule has 0 saturated carbocycles. The SMILES string of the molecule is SSS[S][InH].[Ni].[SH-].[Zn]. The van der Waals surface area contributed by atoms with Crippen LogP contribution < -0.4 is 0 Å². The van der Waals surface area contributed by atoms with Gasteiger partial charge in [-0.25, -0.2) is 0 Å². The summed E-state index contributed by atoms with van der Waals surface area (Å²) in [5, 5.41) is 0. The minimum atomic E-state index is 0. The summed E-state index contributed by atoms with van der Waals surface area (Å²) in [6, 6.07) is 0. The minimum Gasteiger partial charge on any atom is -0.813 e. The monoisotopic (exact) mass is 400 g/mol. The normalized spacial score (nSPS) is 5.12. The Morgan fingerprint density at radius 2 is 1.75 bits per heavy atom. The Morgan fingerprint density at radius 3 is 1.75 bits per heavy atom. The first-order valence-corrected chi connectivity index (χ1v) is 10.5. The smallest absolute Gasteiger partial charge is 0 e. The standard InChI is InChI=1S/In.Ni.H2S4.H2S.Zn.H/c;;1-3-4-2;;;/h;;1-2H;1H2;;/q+1;;;;;/p-2. The van der Waals surface area contributed by atoms with Crippen molar-refractivity contribution in [3.63, 3.8) is 0 Å². The van der Waals surface area contributed by atoms with Gasteiger partial charge >= 0.3 is 61.9 Å². The van der Waals surface area contributed by atoms with E-state index in [1.807, 2.05) is 7.62 Å². The third-order valence-corrected chi connectivity index (χ3v) is 11.2. The van der Waals surface area contributed by atoms with Gasteiger partial charge in [0.15, 0.2) is 0 Å². The van der Waals surface area contributed by atoms with E-state index in [1.54, 1.807) is 9.83 Å². The van der Waals surface area contributed by atoms with Crippen LogP contribution in [0.2, 0.25) is 0 Å². The molecular formula is H3InNiS5Zn-. The second-order valence-corrected chi connectivity index (χ2v) is 11.0. The van der Waals surface area contributed by atoms with Crippen LogP contribution in [-0.2, 0) is 49.5 Å². The van der Waals surface area contributed by atoms with E-state index < -0.39 is 0 Å². The molecular weight excluding hydrogens is 399 g/mol. The van der Waals surface area contributed by atoms with E-state index in [4.69, 9.17) is 0 Å². The van der Waals surface area contributed by atoms with Crippen molar-refractivity contribution in [3.05, 3.63) is 0 Å². The van der Waals surface area contributed by atoms with Crippen molar-refractivity contribution < 1.29 is 36.0 Å². The first kappa shape index (κ1) is 22.6. The third kappa shape index (κ3) is 22.6. The zero-order valence-electron chi connectivity index (χ0n) is 3.85. The van der Waals surface area contributed by atoms with E-state index in [0.717, 1.165) is 22.9 Å². The maximum absolute atomic E-state index is 3.89. The molecule has 8 heavy (non-hydrogen) atoms. The molecule has 0 N–H and O–H groups in total. The molecule has 0 aliphatic heterocycles. The van der Waals surface area contributed by atoms with Crippen molar-refractivity contribution in [2.24, 2.45) is 0 Å². The average Bonchev–Trinajstić information content (AvgIpc) is 1.41. The van der Waals surface area contributed by atoms with Crippen LogP contribution in [0.25, 0.3) is 0 Å². The van der Waals surface area contributed by atoms with Crippen molar-refractivity contribution in [2.75, 3.05) is 0 Å². The van der Waals surface area contributed by atoms with Crippen LogP contribution >= 0.6 is 38.9 Å². The number of rotatable bonds is 2. The van der Waals surface area contributed by atoms with Gasteiger partial charge in [0.2, 0.25) is 0 Å². The topological polar surface area (TPSA) is 0 Å². The van der Waals surface area contributed by atoms with Crippen molar-refractivity contribution in [3.8, 4) is 0 Å². The summed E-state index contributed by atoms with van der Waals surface area (Å²) in [4.78, 5) is 0. The molecule has 0 saturated heterocycles. The van der Waals surface area contributed by atoms with E-state index in [2.05, 4.69) is 11.7 Å². The maximum Gasteiger partial charge on any atom is 0 e. The van der Waals surface area contributed by atoms with Crippen LogP contribution in [0.1, 0.15) is 0 Å². The molecule has 0 unspecified atom stereocenters. The first-order valence-electron chi connectivity index (χ1n) is 0.805. The molecule has 0 aromatic heterocycles. The Labute approximate surface area is 109 Å². The van der Waals surface area contributed by atoms with Gasteiger partial charge in [0.1, 0.15) is 0 Å². The van der Waals surface area contributed by atoms with Crippen molar-refractivity contribution >= 4 is 75.3 Å². The van der Waals surface area contributed by atoms with Gasteiger partial charge in [0.25, 0.3) is 0 Å². The molecule has 0 fully saturated rings. The summed E-state index contributed by atoms with van der Waals surface area (Å²) in [6.07, 6.45) is 0. The van der Waals surface area contributed by atoms with Crippen LogP contribution in [0.3, 0.4) is 0 Å². The minimum absolute atomic E-state index is 0. The zero-order valence-corrected chi connectivity index (χ0v) is 16.1. The van der Waals surface area contributed by atoms with Crippen LogP contribution in [0, 0.1) is 0 Å². The summed E-state index contributed by atoms with van der Waals surface area (Å²) in [7, 11) is 5.13. The molecule has 0 aliphatic carbocycles. The van der Waals surface area contributed by atoms with E-state index in [9.17, 15) is 0 Å². The van der Waals surface area contributed by atoms with E-state index in [-0.39, 0.29) is 49.5 Å². The number of hydrogen-bond acceptors (Lipinski definition) is 5. The first-order chi connectivity index (χ1) is 2.41. The van der Waals surface area contributed by atoms with Crippen molar-refractivity contribution in [1.29, 1.82) is 0 Å². The number of thiol groups is 2. The molecule has 0 heterocycles. The summed E-state index contributed by atoms with van der Waals surface area (Å²) in [5.74, 6) is 0. The summed E-state index contributed by atoms with van der Waals surface area (Å²) < 4.78 is 0. The van der Waals surface area contributed by atoms with Gasteiger partial charge in [-0.1, -0.05) is 0 Å². The van der Waals surface area contributed by atoms with Crippen LogP contribution in [0.15, 0.2) is 0 Å². The van der Waals surface area contributed by atoms with Crippen molar-refractivity contribution in [2.45, 2.75) is 0 Å². The average molecular weight is 402 g/mol. The molecule has 0 bridgehead atoms. The van der Waals surface area contributed by atoms with Gasteiger partial charge in [-0.2, -0.15) is 0 Å².